The summed E-state index contributed by atoms with van der Waals surface area (Å²) in [4.78, 5) is 22.8. The van der Waals surface area contributed by atoms with Crippen molar-refractivity contribution in [3.05, 3.63) is 53.1 Å². The molecule has 1 aliphatic rings. The molecular formula is C20H21ClN4O. The van der Waals surface area contributed by atoms with E-state index in [1.54, 1.807) is 6.07 Å². The number of carbonyl (C=O) groups is 1. The van der Waals surface area contributed by atoms with Gasteiger partial charge in [0.05, 0.1) is 11.0 Å². The van der Waals surface area contributed by atoms with Gasteiger partial charge in [-0.1, -0.05) is 29.8 Å². The molecule has 0 spiro atoms. The molecule has 6 heteroatoms. The first-order valence-corrected chi connectivity index (χ1v) is 9.24. The van der Waals surface area contributed by atoms with Crippen LogP contribution in [0.2, 0.25) is 5.02 Å². The Balaban J connectivity index is 1.38. The highest BCUT2D eigenvalue weighted by atomic mass is 35.5. The van der Waals surface area contributed by atoms with Crippen LogP contribution in [0.25, 0.3) is 11.0 Å². The fraction of sp³-hybridized carbons (Fsp3) is 0.300. The third kappa shape index (κ3) is 3.40. The van der Waals surface area contributed by atoms with Crippen molar-refractivity contribution in [2.24, 2.45) is 5.92 Å². The van der Waals surface area contributed by atoms with Gasteiger partial charge in [0.1, 0.15) is 0 Å². The molecule has 3 aromatic rings. The third-order valence-corrected chi connectivity index (χ3v) is 5.39. The molecule has 0 aliphatic carbocycles. The van der Waals surface area contributed by atoms with Gasteiger partial charge in [0, 0.05) is 29.7 Å². The Morgan fingerprint density at radius 1 is 1.23 bits per heavy atom. The van der Waals surface area contributed by atoms with Gasteiger partial charge in [-0.15, -0.1) is 0 Å². The molecule has 1 aliphatic heterocycles. The van der Waals surface area contributed by atoms with E-state index in [-0.39, 0.29) is 11.8 Å². The predicted molar refractivity (Wildman–Crippen MR) is 106 cm³/mol. The van der Waals surface area contributed by atoms with Crippen LogP contribution in [0.4, 0.5) is 11.6 Å². The summed E-state index contributed by atoms with van der Waals surface area (Å²) in [5.41, 5.74) is 3.77. The number of aromatic amines is 1. The van der Waals surface area contributed by atoms with E-state index in [1.165, 1.54) is 0 Å². The molecule has 1 amide bonds. The molecule has 1 aromatic heterocycles. The van der Waals surface area contributed by atoms with E-state index in [1.807, 2.05) is 43.3 Å². The SMILES string of the molecule is Cc1ccc(NC(=O)C2CCN(c3nc4ccccc4[nH]3)CC2)cc1Cl. The Hall–Kier alpha value is -2.53. The lowest BCUT2D eigenvalue weighted by Gasteiger charge is -2.31. The van der Waals surface area contributed by atoms with E-state index in [4.69, 9.17) is 11.6 Å². The van der Waals surface area contributed by atoms with Gasteiger partial charge in [0.15, 0.2) is 0 Å². The van der Waals surface area contributed by atoms with Gasteiger partial charge in [-0.3, -0.25) is 4.79 Å². The summed E-state index contributed by atoms with van der Waals surface area (Å²) < 4.78 is 0. The maximum absolute atomic E-state index is 12.6. The van der Waals surface area contributed by atoms with E-state index >= 15 is 0 Å². The Morgan fingerprint density at radius 2 is 2.00 bits per heavy atom. The second kappa shape index (κ2) is 7.00. The van der Waals surface area contributed by atoms with E-state index in [9.17, 15) is 4.79 Å². The van der Waals surface area contributed by atoms with Crippen molar-refractivity contribution < 1.29 is 4.79 Å². The van der Waals surface area contributed by atoms with E-state index in [2.05, 4.69) is 20.2 Å². The molecule has 0 atom stereocenters. The number of benzene rings is 2. The lowest BCUT2D eigenvalue weighted by molar-refractivity contribution is -0.120. The predicted octanol–water partition coefficient (Wildman–Crippen LogP) is 4.38. The molecule has 2 N–H and O–H groups in total. The maximum atomic E-state index is 12.6. The summed E-state index contributed by atoms with van der Waals surface area (Å²) in [5.74, 6) is 0.959. The van der Waals surface area contributed by atoms with E-state index in [0.717, 1.165) is 54.2 Å². The van der Waals surface area contributed by atoms with Crippen LogP contribution in [0.3, 0.4) is 0 Å². The van der Waals surface area contributed by atoms with Gasteiger partial charge < -0.3 is 15.2 Å². The maximum Gasteiger partial charge on any atom is 0.227 e. The number of aryl methyl sites for hydroxylation is 1. The molecule has 0 radical (unpaired) electrons. The van der Waals surface area contributed by atoms with Crippen LogP contribution < -0.4 is 10.2 Å². The Labute approximate surface area is 157 Å². The minimum atomic E-state index is 0.00991. The lowest BCUT2D eigenvalue weighted by atomic mass is 9.96. The van der Waals surface area contributed by atoms with Crippen molar-refractivity contribution in [2.75, 3.05) is 23.3 Å². The number of anilines is 2. The second-order valence-electron chi connectivity index (χ2n) is 6.79. The van der Waals surface area contributed by atoms with Crippen LogP contribution >= 0.6 is 11.6 Å². The number of halogens is 1. The number of imidazole rings is 1. The number of rotatable bonds is 3. The Morgan fingerprint density at radius 3 is 2.73 bits per heavy atom. The van der Waals surface area contributed by atoms with Crippen LogP contribution in [-0.2, 0) is 4.79 Å². The fourth-order valence-electron chi connectivity index (χ4n) is 3.36. The lowest BCUT2D eigenvalue weighted by Crippen LogP contribution is -2.38. The zero-order chi connectivity index (χ0) is 18.1. The molecule has 4 rings (SSSR count). The molecule has 134 valence electrons. The van der Waals surface area contributed by atoms with Gasteiger partial charge in [0.2, 0.25) is 11.9 Å². The molecule has 0 unspecified atom stereocenters. The first kappa shape index (κ1) is 16.9. The fourth-order valence-corrected chi connectivity index (χ4v) is 3.54. The molecule has 0 bridgehead atoms. The van der Waals surface area contributed by atoms with Crippen molar-refractivity contribution in [3.63, 3.8) is 0 Å². The number of nitrogens with one attached hydrogen (secondary N) is 2. The first-order valence-electron chi connectivity index (χ1n) is 8.87. The zero-order valence-corrected chi connectivity index (χ0v) is 15.4. The van der Waals surface area contributed by atoms with Crippen molar-refractivity contribution >= 4 is 40.2 Å². The number of aromatic nitrogens is 2. The standard InChI is InChI=1S/C20H21ClN4O/c1-13-6-7-15(12-16(13)21)22-19(26)14-8-10-25(11-9-14)20-23-17-4-2-3-5-18(17)24-20/h2-7,12,14H,8-11H2,1H3,(H,22,26)(H,23,24). The van der Waals surface area contributed by atoms with Crippen molar-refractivity contribution in [2.45, 2.75) is 19.8 Å². The Bertz CT molecular complexity index is 911. The van der Waals surface area contributed by atoms with Gasteiger partial charge in [-0.05, 0) is 49.6 Å². The molecule has 2 heterocycles. The average Bonchev–Trinajstić information content (AvgIpc) is 3.09. The summed E-state index contributed by atoms with van der Waals surface area (Å²) >= 11 is 6.14. The molecule has 26 heavy (non-hydrogen) atoms. The number of hydrogen-bond acceptors (Lipinski definition) is 3. The zero-order valence-electron chi connectivity index (χ0n) is 14.6. The quantitative estimate of drug-likeness (QED) is 0.721. The normalized spacial score (nSPS) is 15.4. The minimum Gasteiger partial charge on any atom is -0.342 e. The van der Waals surface area contributed by atoms with Crippen LogP contribution in [-0.4, -0.2) is 29.0 Å². The van der Waals surface area contributed by atoms with E-state index in [0.29, 0.717) is 5.02 Å². The summed E-state index contributed by atoms with van der Waals surface area (Å²) in [7, 11) is 0. The Kier molecular flexibility index (Phi) is 4.55. The minimum absolute atomic E-state index is 0.00991. The number of piperidine rings is 1. The second-order valence-corrected chi connectivity index (χ2v) is 7.20. The molecule has 2 aromatic carbocycles. The summed E-state index contributed by atoms with van der Waals surface area (Å²) in [6, 6.07) is 13.6. The van der Waals surface area contributed by atoms with E-state index < -0.39 is 0 Å². The topological polar surface area (TPSA) is 61.0 Å². The van der Waals surface area contributed by atoms with Crippen molar-refractivity contribution in [3.8, 4) is 0 Å². The largest absolute Gasteiger partial charge is 0.342 e. The molecular weight excluding hydrogens is 348 g/mol. The van der Waals surface area contributed by atoms with Crippen LogP contribution in [0.15, 0.2) is 42.5 Å². The van der Waals surface area contributed by atoms with Crippen molar-refractivity contribution in [1.29, 1.82) is 0 Å². The van der Waals surface area contributed by atoms with Crippen LogP contribution in [0.1, 0.15) is 18.4 Å². The molecule has 1 saturated heterocycles. The highest BCUT2D eigenvalue weighted by Gasteiger charge is 2.26. The average molecular weight is 369 g/mol. The highest BCUT2D eigenvalue weighted by Crippen LogP contribution is 2.25. The third-order valence-electron chi connectivity index (χ3n) is 4.98. The van der Waals surface area contributed by atoms with Crippen LogP contribution in [0.5, 0.6) is 0 Å². The molecule has 0 saturated carbocycles. The van der Waals surface area contributed by atoms with Gasteiger partial charge in [-0.2, -0.15) is 0 Å². The number of carbonyl (C=O) groups excluding carboxylic acids is 1. The van der Waals surface area contributed by atoms with Gasteiger partial charge >= 0.3 is 0 Å². The number of H-pyrrole nitrogens is 1. The number of amides is 1. The summed E-state index contributed by atoms with van der Waals surface area (Å²) in [6.45, 7) is 3.57. The monoisotopic (exact) mass is 368 g/mol. The van der Waals surface area contributed by atoms with Crippen LogP contribution in [0, 0.1) is 12.8 Å². The number of nitrogens with zero attached hydrogens (tertiary/aromatic N) is 2. The molecule has 1 fully saturated rings. The summed E-state index contributed by atoms with van der Waals surface area (Å²) in [5, 5.41) is 3.66. The smallest absolute Gasteiger partial charge is 0.227 e. The highest BCUT2D eigenvalue weighted by molar-refractivity contribution is 6.31. The number of para-hydroxylation sites is 2. The number of hydrogen-bond donors (Lipinski definition) is 2. The number of fused-ring (bicyclic) bond motifs is 1. The van der Waals surface area contributed by atoms with Crippen molar-refractivity contribution in [1.82, 2.24) is 9.97 Å². The first-order chi connectivity index (χ1) is 12.6. The van der Waals surface area contributed by atoms with Gasteiger partial charge in [0.25, 0.3) is 0 Å². The van der Waals surface area contributed by atoms with Gasteiger partial charge in [-0.25, -0.2) is 4.98 Å². The molecule has 5 nitrogen and oxygen atoms in total. The summed E-state index contributed by atoms with van der Waals surface area (Å²) in [6.07, 6.45) is 1.62.